The first kappa shape index (κ1) is 11.4. The lowest BCUT2D eigenvalue weighted by molar-refractivity contribution is 0.116. The van der Waals surface area contributed by atoms with Gasteiger partial charge in [0.1, 0.15) is 11.4 Å². The van der Waals surface area contributed by atoms with Gasteiger partial charge >= 0.3 is 0 Å². The molecule has 1 fully saturated rings. The summed E-state index contributed by atoms with van der Waals surface area (Å²) < 4.78 is 6.31. The largest absolute Gasteiger partial charge is 0.486 e. The topological polar surface area (TPSA) is 21.3 Å². The molecule has 1 atom stereocenters. The van der Waals surface area contributed by atoms with E-state index >= 15 is 0 Å². The van der Waals surface area contributed by atoms with Crippen molar-refractivity contribution in [1.29, 1.82) is 0 Å². The van der Waals surface area contributed by atoms with Gasteiger partial charge in [-0.15, -0.1) is 0 Å². The van der Waals surface area contributed by atoms with Gasteiger partial charge in [0.2, 0.25) is 0 Å². The van der Waals surface area contributed by atoms with Crippen LogP contribution in [0.4, 0.5) is 0 Å². The smallest absolute Gasteiger partial charge is 0.123 e. The molecule has 0 radical (unpaired) electrons. The number of benzene rings is 1. The fourth-order valence-corrected chi connectivity index (χ4v) is 3.94. The van der Waals surface area contributed by atoms with Crippen molar-refractivity contribution in [3.05, 3.63) is 29.3 Å². The lowest BCUT2D eigenvalue weighted by atomic mass is 9.99. The first-order valence-electron chi connectivity index (χ1n) is 6.35. The first-order chi connectivity index (χ1) is 8.27. The van der Waals surface area contributed by atoms with E-state index in [0.29, 0.717) is 0 Å². The molecule has 3 rings (SSSR count). The SMILES string of the molecule is CC1(Oc2cccc3c2CCNC3)CCSC1. The first-order valence-corrected chi connectivity index (χ1v) is 7.51. The summed E-state index contributed by atoms with van der Waals surface area (Å²) in [6, 6.07) is 6.46. The summed E-state index contributed by atoms with van der Waals surface area (Å²) in [5.41, 5.74) is 2.87. The number of nitrogens with one attached hydrogen (secondary N) is 1. The molecule has 0 aliphatic carbocycles. The van der Waals surface area contributed by atoms with E-state index in [2.05, 4.69) is 30.4 Å². The maximum absolute atomic E-state index is 6.31. The van der Waals surface area contributed by atoms with Crippen LogP contribution < -0.4 is 10.1 Å². The molecule has 0 amide bonds. The molecule has 0 spiro atoms. The molecule has 0 aromatic heterocycles. The van der Waals surface area contributed by atoms with Gasteiger partial charge in [-0.1, -0.05) is 12.1 Å². The Morgan fingerprint density at radius 1 is 1.41 bits per heavy atom. The zero-order valence-corrected chi connectivity index (χ0v) is 11.1. The summed E-state index contributed by atoms with van der Waals surface area (Å²) in [5.74, 6) is 3.47. The Morgan fingerprint density at radius 2 is 2.35 bits per heavy atom. The highest BCUT2D eigenvalue weighted by Crippen LogP contribution is 2.35. The molecule has 2 heterocycles. The minimum Gasteiger partial charge on any atom is -0.486 e. The summed E-state index contributed by atoms with van der Waals surface area (Å²) in [4.78, 5) is 0. The van der Waals surface area contributed by atoms with E-state index in [4.69, 9.17) is 4.74 Å². The zero-order valence-electron chi connectivity index (χ0n) is 10.3. The van der Waals surface area contributed by atoms with Gasteiger partial charge in [0.05, 0.1) is 0 Å². The summed E-state index contributed by atoms with van der Waals surface area (Å²) in [5, 5.41) is 3.41. The molecule has 1 aromatic rings. The Bertz CT molecular complexity index is 413. The molecule has 0 bridgehead atoms. The molecule has 1 aromatic carbocycles. The lowest BCUT2D eigenvalue weighted by Gasteiger charge is -2.28. The van der Waals surface area contributed by atoms with Crippen LogP contribution in [0, 0.1) is 0 Å². The average Bonchev–Trinajstić information content (AvgIpc) is 2.76. The van der Waals surface area contributed by atoms with E-state index in [9.17, 15) is 0 Å². The van der Waals surface area contributed by atoms with Gasteiger partial charge in [0, 0.05) is 12.3 Å². The van der Waals surface area contributed by atoms with Crippen LogP contribution in [-0.2, 0) is 13.0 Å². The van der Waals surface area contributed by atoms with E-state index in [1.165, 1.54) is 23.3 Å². The average molecular weight is 249 g/mol. The van der Waals surface area contributed by atoms with Crippen molar-refractivity contribution in [3.63, 3.8) is 0 Å². The van der Waals surface area contributed by atoms with Crippen LogP contribution in [0.15, 0.2) is 18.2 Å². The van der Waals surface area contributed by atoms with Crippen molar-refractivity contribution in [1.82, 2.24) is 5.32 Å². The quantitative estimate of drug-likeness (QED) is 0.870. The van der Waals surface area contributed by atoms with E-state index in [1.54, 1.807) is 0 Å². The molecule has 1 unspecified atom stereocenters. The van der Waals surface area contributed by atoms with Crippen molar-refractivity contribution in [3.8, 4) is 5.75 Å². The predicted molar refractivity (Wildman–Crippen MR) is 72.8 cm³/mol. The monoisotopic (exact) mass is 249 g/mol. The van der Waals surface area contributed by atoms with Gasteiger partial charge in [-0.25, -0.2) is 0 Å². The predicted octanol–water partition coefficient (Wildman–Crippen LogP) is 2.61. The van der Waals surface area contributed by atoms with Crippen LogP contribution in [0.2, 0.25) is 0 Å². The molecule has 2 aliphatic rings. The summed E-state index contributed by atoms with van der Waals surface area (Å²) >= 11 is 2.00. The molecule has 2 nitrogen and oxygen atoms in total. The Morgan fingerprint density at radius 3 is 3.18 bits per heavy atom. The molecular formula is C14H19NOS. The van der Waals surface area contributed by atoms with Gasteiger partial charge in [-0.2, -0.15) is 11.8 Å². The van der Waals surface area contributed by atoms with Crippen molar-refractivity contribution in [2.24, 2.45) is 0 Å². The Labute approximate surface area is 107 Å². The van der Waals surface area contributed by atoms with Crippen LogP contribution in [0.3, 0.4) is 0 Å². The highest BCUT2D eigenvalue weighted by molar-refractivity contribution is 7.99. The van der Waals surface area contributed by atoms with E-state index in [0.717, 1.165) is 31.0 Å². The van der Waals surface area contributed by atoms with Crippen LogP contribution in [-0.4, -0.2) is 23.7 Å². The maximum Gasteiger partial charge on any atom is 0.123 e. The minimum absolute atomic E-state index is 0.0463. The molecule has 92 valence electrons. The van der Waals surface area contributed by atoms with E-state index < -0.39 is 0 Å². The maximum atomic E-state index is 6.31. The van der Waals surface area contributed by atoms with Crippen LogP contribution in [0.5, 0.6) is 5.75 Å². The van der Waals surface area contributed by atoms with Crippen molar-refractivity contribution >= 4 is 11.8 Å². The Hall–Kier alpha value is -0.670. The standard InChI is InChI=1S/C14H19NOS/c1-14(6-8-17-10-14)16-13-4-2-3-11-9-15-7-5-12(11)13/h2-4,15H,5-10H2,1H3. The molecule has 0 saturated carbocycles. The highest BCUT2D eigenvalue weighted by atomic mass is 32.2. The normalized spacial score (nSPS) is 27.8. The second-order valence-corrected chi connectivity index (χ2v) is 6.28. The molecular weight excluding hydrogens is 230 g/mol. The minimum atomic E-state index is 0.0463. The van der Waals surface area contributed by atoms with Gasteiger partial charge in [-0.05, 0) is 49.3 Å². The molecule has 17 heavy (non-hydrogen) atoms. The summed E-state index contributed by atoms with van der Waals surface area (Å²) in [6.07, 6.45) is 2.26. The number of ether oxygens (including phenoxy) is 1. The van der Waals surface area contributed by atoms with Gasteiger partial charge in [0.25, 0.3) is 0 Å². The fourth-order valence-electron chi connectivity index (χ4n) is 2.59. The Kier molecular flexibility index (Phi) is 3.05. The molecule has 2 aliphatic heterocycles. The van der Waals surface area contributed by atoms with Gasteiger partial charge in [0.15, 0.2) is 0 Å². The Balaban J connectivity index is 1.87. The number of rotatable bonds is 2. The third kappa shape index (κ3) is 2.31. The van der Waals surface area contributed by atoms with Crippen molar-refractivity contribution in [2.45, 2.75) is 31.9 Å². The number of thioether (sulfide) groups is 1. The van der Waals surface area contributed by atoms with Gasteiger partial charge in [-0.3, -0.25) is 0 Å². The van der Waals surface area contributed by atoms with E-state index in [-0.39, 0.29) is 5.60 Å². The van der Waals surface area contributed by atoms with Crippen LogP contribution in [0.1, 0.15) is 24.5 Å². The van der Waals surface area contributed by atoms with Crippen LogP contribution >= 0.6 is 11.8 Å². The van der Waals surface area contributed by atoms with Crippen molar-refractivity contribution in [2.75, 3.05) is 18.1 Å². The zero-order chi connectivity index (χ0) is 11.7. The summed E-state index contributed by atoms with van der Waals surface area (Å²) in [6.45, 7) is 4.30. The highest BCUT2D eigenvalue weighted by Gasteiger charge is 2.32. The van der Waals surface area contributed by atoms with E-state index in [1.807, 2.05) is 11.8 Å². The molecule has 1 N–H and O–H groups in total. The van der Waals surface area contributed by atoms with Crippen molar-refractivity contribution < 1.29 is 4.74 Å². The molecule has 1 saturated heterocycles. The van der Waals surface area contributed by atoms with Gasteiger partial charge < -0.3 is 10.1 Å². The number of hydrogen-bond acceptors (Lipinski definition) is 3. The number of hydrogen-bond donors (Lipinski definition) is 1. The van der Waals surface area contributed by atoms with Crippen LogP contribution in [0.25, 0.3) is 0 Å². The number of fused-ring (bicyclic) bond motifs is 1. The molecule has 3 heteroatoms. The summed E-state index contributed by atoms with van der Waals surface area (Å²) in [7, 11) is 0. The third-order valence-electron chi connectivity index (χ3n) is 3.64. The second-order valence-electron chi connectivity index (χ2n) is 5.18. The fraction of sp³-hybridized carbons (Fsp3) is 0.571. The second kappa shape index (κ2) is 4.54. The third-order valence-corrected chi connectivity index (χ3v) is 4.94. The lowest BCUT2D eigenvalue weighted by Crippen LogP contribution is -2.33.